The number of nitrogens with one attached hydrogen (secondary N) is 2. The Hall–Kier alpha value is -0.570. The minimum Gasteiger partial charge on any atom is -0.352 e. The van der Waals surface area contributed by atoms with Crippen molar-refractivity contribution < 1.29 is 4.79 Å². The lowest BCUT2D eigenvalue weighted by atomic mass is 10.1. The fourth-order valence-corrected chi connectivity index (χ4v) is 2.02. The van der Waals surface area contributed by atoms with Crippen LogP contribution in [0, 0.1) is 5.92 Å². The average Bonchev–Trinajstić information content (AvgIpc) is 3.08. The molecule has 1 amide bonds. The molecule has 2 N–H and O–H groups in total. The lowest BCUT2D eigenvalue weighted by Crippen LogP contribution is -2.49. The van der Waals surface area contributed by atoms with E-state index < -0.39 is 0 Å². The molecule has 0 heterocycles. The number of rotatable bonds is 7. The van der Waals surface area contributed by atoms with E-state index in [1.54, 1.807) is 0 Å². The standard InChI is InChI=1S/C13H26N2O/c1-5-12(6-2)15-13(16)10(4)14-9(3)11-7-8-11/h9-12,14H,5-8H2,1-4H3,(H,15,16). The number of carbonyl (C=O) groups excluding carboxylic acids is 1. The first-order valence-electron chi connectivity index (χ1n) is 6.64. The third kappa shape index (κ3) is 4.12. The highest BCUT2D eigenvalue weighted by molar-refractivity contribution is 5.81. The zero-order valence-electron chi connectivity index (χ0n) is 11.0. The van der Waals surface area contributed by atoms with Crippen molar-refractivity contribution in [3.63, 3.8) is 0 Å². The molecule has 2 unspecified atom stereocenters. The van der Waals surface area contributed by atoms with Gasteiger partial charge in [0.25, 0.3) is 0 Å². The zero-order valence-corrected chi connectivity index (χ0v) is 11.0. The van der Waals surface area contributed by atoms with E-state index in [-0.39, 0.29) is 11.9 Å². The normalized spacial score (nSPS) is 19.6. The molecule has 1 aliphatic carbocycles. The molecule has 0 saturated heterocycles. The van der Waals surface area contributed by atoms with Gasteiger partial charge >= 0.3 is 0 Å². The van der Waals surface area contributed by atoms with Crippen LogP contribution < -0.4 is 10.6 Å². The van der Waals surface area contributed by atoms with Crippen LogP contribution >= 0.6 is 0 Å². The van der Waals surface area contributed by atoms with Crippen LogP contribution in [0.4, 0.5) is 0 Å². The Morgan fingerprint density at radius 2 is 1.81 bits per heavy atom. The number of amides is 1. The second-order valence-electron chi connectivity index (χ2n) is 5.04. The van der Waals surface area contributed by atoms with E-state index in [0.29, 0.717) is 12.1 Å². The first-order chi connectivity index (χ1) is 7.58. The summed E-state index contributed by atoms with van der Waals surface area (Å²) in [6, 6.07) is 0.728. The molecule has 16 heavy (non-hydrogen) atoms. The predicted molar refractivity (Wildman–Crippen MR) is 67.3 cm³/mol. The van der Waals surface area contributed by atoms with E-state index in [0.717, 1.165) is 18.8 Å². The Labute approximate surface area is 99.4 Å². The SMILES string of the molecule is CCC(CC)NC(=O)C(C)NC(C)C1CC1. The lowest BCUT2D eigenvalue weighted by Gasteiger charge is -2.22. The second-order valence-corrected chi connectivity index (χ2v) is 5.04. The summed E-state index contributed by atoms with van der Waals surface area (Å²) < 4.78 is 0. The number of hydrogen-bond acceptors (Lipinski definition) is 2. The van der Waals surface area contributed by atoms with Gasteiger partial charge in [-0.15, -0.1) is 0 Å². The molecule has 1 aliphatic rings. The largest absolute Gasteiger partial charge is 0.352 e. The van der Waals surface area contributed by atoms with Crippen molar-refractivity contribution in [1.82, 2.24) is 10.6 Å². The highest BCUT2D eigenvalue weighted by Gasteiger charge is 2.29. The Balaban J connectivity index is 2.28. The lowest BCUT2D eigenvalue weighted by molar-refractivity contribution is -0.123. The van der Waals surface area contributed by atoms with Gasteiger partial charge in [-0.25, -0.2) is 0 Å². The quantitative estimate of drug-likeness (QED) is 0.698. The summed E-state index contributed by atoms with van der Waals surface area (Å²) in [5.41, 5.74) is 0. The summed E-state index contributed by atoms with van der Waals surface area (Å²) >= 11 is 0. The van der Waals surface area contributed by atoms with Crippen LogP contribution in [0.5, 0.6) is 0 Å². The van der Waals surface area contributed by atoms with Crippen molar-refractivity contribution >= 4 is 5.91 Å². The van der Waals surface area contributed by atoms with Gasteiger partial charge in [-0.3, -0.25) is 4.79 Å². The van der Waals surface area contributed by atoms with Gasteiger partial charge in [0.1, 0.15) is 0 Å². The van der Waals surface area contributed by atoms with Crippen LogP contribution in [-0.2, 0) is 4.79 Å². The molecular weight excluding hydrogens is 200 g/mol. The fourth-order valence-electron chi connectivity index (χ4n) is 2.02. The molecule has 0 aromatic carbocycles. The van der Waals surface area contributed by atoms with Gasteiger partial charge in [0, 0.05) is 12.1 Å². The number of hydrogen-bond donors (Lipinski definition) is 2. The van der Waals surface area contributed by atoms with Gasteiger partial charge in [0.2, 0.25) is 5.91 Å². The zero-order chi connectivity index (χ0) is 12.1. The third-order valence-corrected chi connectivity index (χ3v) is 3.57. The summed E-state index contributed by atoms with van der Waals surface area (Å²) in [6.07, 6.45) is 4.64. The predicted octanol–water partition coefficient (Wildman–Crippen LogP) is 2.07. The Morgan fingerprint density at radius 1 is 1.25 bits per heavy atom. The summed E-state index contributed by atoms with van der Waals surface area (Å²) in [7, 11) is 0. The molecule has 0 radical (unpaired) electrons. The molecule has 0 aromatic heterocycles. The van der Waals surface area contributed by atoms with Crippen molar-refractivity contribution in [3.05, 3.63) is 0 Å². The molecule has 0 spiro atoms. The van der Waals surface area contributed by atoms with E-state index in [2.05, 4.69) is 31.4 Å². The molecular formula is C13H26N2O. The van der Waals surface area contributed by atoms with Crippen molar-refractivity contribution in [2.45, 2.75) is 71.5 Å². The maximum atomic E-state index is 11.9. The van der Waals surface area contributed by atoms with Crippen molar-refractivity contribution in [2.24, 2.45) is 5.92 Å². The molecule has 1 saturated carbocycles. The summed E-state index contributed by atoms with van der Waals surface area (Å²) in [6.45, 7) is 8.36. The Kier molecular flexibility index (Phi) is 5.26. The first-order valence-corrected chi connectivity index (χ1v) is 6.64. The molecule has 94 valence electrons. The van der Waals surface area contributed by atoms with Crippen molar-refractivity contribution in [1.29, 1.82) is 0 Å². The van der Waals surface area contributed by atoms with Gasteiger partial charge < -0.3 is 10.6 Å². The van der Waals surface area contributed by atoms with Crippen LogP contribution in [0.1, 0.15) is 53.4 Å². The Bertz CT molecular complexity index is 222. The maximum absolute atomic E-state index is 11.9. The monoisotopic (exact) mass is 226 g/mol. The molecule has 1 rings (SSSR count). The second kappa shape index (κ2) is 6.24. The van der Waals surface area contributed by atoms with Crippen LogP contribution in [0.15, 0.2) is 0 Å². The van der Waals surface area contributed by atoms with Crippen molar-refractivity contribution in [2.75, 3.05) is 0 Å². The van der Waals surface area contributed by atoms with E-state index >= 15 is 0 Å². The van der Waals surface area contributed by atoms with E-state index in [4.69, 9.17) is 0 Å². The maximum Gasteiger partial charge on any atom is 0.237 e. The summed E-state index contributed by atoms with van der Waals surface area (Å²) in [5.74, 6) is 0.935. The third-order valence-electron chi connectivity index (χ3n) is 3.57. The Morgan fingerprint density at radius 3 is 2.25 bits per heavy atom. The average molecular weight is 226 g/mol. The molecule has 0 aliphatic heterocycles. The van der Waals surface area contributed by atoms with Crippen LogP contribution in [0.25, 0.3) is 0 Å². The molecule has 3 heteroatoms. The molecule has 0 aromatic rings. The van der Waals surface area contributed by atoms with Gasteiger partial charge in [0.15, 0.2) is 0 Å². The fraction of sp³-hybridized carbons (Fsp3) is 0.923. The highest BCUT2D eigenvalue weighted by atomic mass is 16.2. The topological polar surface area (TPSA) is 41.1 Å². The van der Waals surface area contributed by atoms with E-state index in [9.17, 15) is 4.79 Å². The molecule has 0 bridgehead atoms. The molecule has 3 nitrogen and oxygen atoms in total. The van der Waals surface area contributed by atoms with Gasteiger partial charge in [-0.2, -0.15) is 0 Å². The summed E-state index contributed by atoms with van der Waals surface area (Å²) in [4.78, 5) is 11.9. The first kappa shape index (κ1) is 13.5. The molecule has 2 atom stereocenters. The highest BCUT2D eigenvalue weighted by Crippen LogP contribution is 2.32. The van der Waals surface area contributed by atoms with Crippen LogP contribution in [0.2, 0.25) is 0 Å². The van der Waals surface area contributed by atoms with Gasteiger partial charge in [-0.05, 0) is 45.4 Å². The summed E-state index contributed by atoms with van der Waals surface area (Å²) in [5, 5.41) is 6.46. The molecule has 1 fully saturated rings. The van der Waals surface area contributed by atoms with Crippen LogP contribution in [-0.4, -0.2) is 24.0 Å². The van der Waals surface area contributed by atoms with E-state index in [1.807, 2.05) is 6.92 Å². The van der Waals surface area contributed by atoms with Crippen LogP contribution in [0.3, 0.4) is 0 Å². The van der Waals surface area contributed by atoms with Crippen molar-refractivity contribution in [3.8, 4) is 0 Å². The number of carbonyl (C=O) groups is 1. The van der Waals surface area contributed by atoms with Gasteiger partial charge in [0.05, 0.1) is 6.04 Å². The minimum absolute atomic E-state index is 0.0730. The van der Waals surface area contributed by atoms with E-state index in [1.165, 1.54) is 12.8 Å². The minimum atomic E-state index is -0.0730. The van der Waals surface area contributed by atoms with Gasteiger partial charge in [-0.1, -0.05) is 13.8 Å². The smallest absolute Gasteiger partial charge is 0.237 e.